The van der Waals surface area contributed by atoms with Crippen LogP contribution in [0, 0.1) is 13.8 Å². The highest BCUT2D eigenvalue weighted by Gasteiger charge is 2.15. The van der Waals surface area contributed by atoms with Crippen molar-refractivity contribution in [3.8, 4) is 11.5 Å². The molecule has 3 rings (SSSR count). The topological polar surface area (TPSA) is 115 Å². The van der Waals surface area contributed by atoms with Crippen LogP contribution < -0.4 is 14.8 Å². The van der Waals surface area contributed by atoms with E-state index in [-0.39, 0.29) is 18.3 Å². The van der Waals surface area contributed by atoms with Crippen LogP contribution in [-0.2, 0) is 24.1 Å². The molecule has 0 aliphatic rings. The summed E-state index contributed by atoms with van der Waals surface area (Å²) in [6.45, 7) is 3.58. The van der Waals surface area contributed by atoms with Crippen LogP contribution in [0.15, 0.2) is 22.7 Å². The largest absolute Gasteiger partial charge is 0.493 e. The molecular weight excluding hydrogens is 362 g/mol. The number of aromatic nitrogens is 4. The van der Waals surface area contributed by atoms with E-state index < -0.39 is 0 Å². The minimum Gasteiger partial charge on any atom is -0.493 e. The lowest BCUT2D eigenvalue weighted by atomic mass is 10.1. The van der Waals surface area contributed by atoms with Gasteiger partial charge in [0, 0.05) is 12.0 Å². The molecule has 0 bridgehead atoms. The molecule has 0 radical (unpaired) electrons. The van der Waals surface area contributed by atoms with E-state index in [4.69, 9.17) is 14.0 Å². The van der Waals surface area contributed by atoms with Gasteiger partial charge in [-0.25, -0.2) is 0 Å². The third-order valence-corrected chi connectivity index (χ3v) is 4.40. The molecule has 2 N–H and O–H groups in total. The van der Waals surface area contributed by atoms with Crippen molar-refractivity contribution in [2.75, 3.05) is 19.5 Å². The van der Waals surface area contributed by atoms with Crippen LogP contribution in [0.2, 0.25) is 0 Å². The minimum absolute atomic E-state index is 0.163. The van der Waals surface area contributed by atoms with E-state index in [9.17, 15) is 4.79 Å². The summed E-state index contributed by atoms with van der Waals surface area (Å²) in [7, 11) is 3.21. The van der Waals surface area contributed by atoms with Gasteiger partial charge in [0.2, 0.25) is 11.9 Å². The summed E-state index contributed by atoms with van der Waals surface area (Å²) in [6.07, 6.45) is 1.54. The number of benzene rings is 1. The standard InChI is InChI=1S/C19H23N5O4/c1-11-14(12(2)28-24-11)10-18(25)21-19-20-17(22-23-19)8-6-13-5-7-15(26-3)16(9-13)27-4/h5,7,9H,6,8,10H2,1-4H3,(H2,20,21,22,23,25). The Kier molecular flexibility index (Phi) is 5.93. The monoisotopic (exact) mass is 385 g/mol. The Hall–Kier alpha value is -3.36. The van der Waals surface area contributed by atoms with E-state index in [1.165, 1.54) is 0 Å². The summed E-state index contributed by atoms with van der Waals surface area (Å²) in [6, 6.07) is 5.78. The molecule has 9 heteroatoms. The van der Waals surface area contributed by atoms with Crippen LogP contribution in [0.1, 0.15) is 28.4 Å². The second-order valence-corrected chi connectivity index (χ2v) is 6.32. The van der Waals surface area contributed by atoms with Gasteiger partial charge in [-0.3, -0.25) is 15.2 Å². The molecule has 0 unspecified atom stereocenters. The van der Waals surface area contributed by atoms with Crippen LogP contribution in [-0.4, -0.2) is 40.5 Å². The van der Waals surface area contributed by atoms with Crippen molar-refractivity contribution in [3.05, 3.63) is 46.6 Å². The Balaban J connectivity index is 1.56. The summed E-state index contributed by atoms with van der Waals surface area (Å²) in [5, 5.41) is 13.4. The van der Waals surface area contributed by atoms with Gasteiger partial charge in [-0.05, 0) is 38.0 Å². The second kappa shape index (κ2) is 8.55. The number of aryl methyl sites for hydroxylation is 4. The van der Waals surface area contributed by atoms with Crippen molar-refractivity contribution in [1.29, 1.82) is 0 Å². The first kappa shape index (κ1) is 19.4. The Morgan fingerprint density at radius 3 is 2.64 bits per heavy atom. The summed E-state index contributed by atoms with van der Waals surface area (Å²) in [4.78, 5) is 16.5. The number of aromatic amines is 1. The van der Waals surface area contributed by atoms with E-state index in [0.717, 1.165) is 17.5 Å². The first-order valence-corrected chi connectivity index (χ1v) is 8.84. The summed E-state index contributed by atoms with van der Waals surface area (Å²) in [5.41, 5.74) is 2.57. The quantitative estimate of drug-likeness (QED) is 0.612. The highest BCUT2D eigenvalue weighted by atomic mass is 16.5. The Labute approximate surface area is 162 Å². The number of amides is 1. The van der Waals surface area contributed by atoms with Crippen molar-refractivity contribution < 1.29 is 18.8 Å². The molecule has 0 fully saturated rings. The fourth-order valence-electron chi connectivity index (χ4n) is 2.85. The predicted molar refractivity (Wildman–Crippen MR) is 102 cm³/mol. The highest BCUT2D eigenvalue weighted by Crippen LogP contribution is 2.27. The Bertz CT molecular complexity index is 944. The third kappa shape index (κ3) is 4.48. The number of methoxy groups -OCH3 is 2. The molecule has 0 spiro atoms. The number of rotatable bonds is 8. The molecule has 1 aromatic carbocycles. The van der Waals surface area contributed by atoms with Crippen molar-refractivity contribution in [1.82, 2.24) is 20.3 Å². The zero-order valence-corrected chi connectivity index (χ0v) is 16.3. The summed E-state index contributed by atoms with van der Waals surface area (Å²) < 4.78 is 15.6. The highest BCUT2D eigenvalue weighted by molar-refractivity contribution is 5.90. The average molecular weight is 385 g/mol. The SMILES string of the molecule is COc1ccc(CCc2nc(NC(=O)Cc3c(C)noc3C)n[nH]2)cc1OC. The number of carbonyl (C=O) groups is 1. The molecule has 9 nitrogen and oxygen atoms in total. The summed E-state index contributed by atoms with van der Waals surface area (Å²) in [5.74, 6) is 2.72. The lowest BCUT2D eigenvalue weighted by molar-refractivity contribution is -0.115. The van der Waals surface area contributed by atoms with Gasteiger partial charge in [0.1, 0.15) is 11.6 Å². The van der Waals surface area contributed by atoms with Gasteiger partial charge in [0.25, 0.3) is 0 Å². The Morgan fingerprint density at radius 2 is 1.96 bits per heavy atom. The number of carbonyl (C=O) groups excluding carboxylic acids is 1. The number of hydrogen-bond donors (Lipinski definition) is 2. The number of nitrogens with one attached hydrogen (secondary N) is 2. The van der Waals surface area contributed by atoms with Gasteiger partial charge in [0.15, 0.2) is 11.5 Å². The number of nitrogens with zero attached hydrogens (tertiary/aromatic N) is 3. The first-order valence-electron chi connectivity index (χ1n) is 8.84. The van der Waals surface area contributed by atoms with Crippen molar-refractivity contribution in [2.24, 2.45) is 0 Å². The van der Waals surface area contributed by atoms with Gasteiger partial charge in [-0.1, -0.05) is 11.2 Å². The molecule has 0 aliphatic carbocycles. The van der Waals surface area contributed by atoms with Crippen molar-refractivity contribution >= 4 is 11.9 Å². The van der Waals surface area contributed by atoms with Gasteiger partial charge >= 0.3 is 0 Å². The molecule has 1 amide bonds. The third-order valence-electron chi connectivity index (χ3n) is 4.40. The molecule has 0 saturated carbocycles. The fraction of sp³-hybridized carbons (Fsp3) is 0.368. The van der Waals surface area contributed by atoms with Crippen LogP contribution >= 0.6 is 0 Å². The number of H-pyrrole nitrogens is 1. The van der Waals surface area contributed by atoms with Gasteiger partial charge in [-0.2, -0.15) is 4.98 Å². The maximum atomic E-state index is 12.2. The molecule has 0 atom stereocenters. The van der Waals surface area contributed by atoms with Crippen LogP contribution in [0.4, 0.5) is 5.95 Å². The normalized spacial score (nSPS) is 10.7. The molecule has 0 saturated heterocycles. The van der Waals surface area contributed by atoms with Gasteiger partial charge < -0.3 is 14.0 Å². The zero-order valence-electron chi connectivity index (χ0n) is 16.3. The molecule has 2 heterocycles. The molecule has 3 aromatic rings. The van der Waals surface area contributed by atoms with E-state index in [0.29, 0.717) is 35.2 Å². The average Bonchev–Trinajstić information content (AvgIpc) is 3.27. The molecule has 28 heavy (non-hydrogen) atoms. The zero-order chi connectivity index (χ0) is 20.1. The molecule has 0 aliphatic heterocycles. The smallest absolute Gasteiger partial charge is 0.248 e. The molecule has 2 aromatic heterocycles. The van der Waals surface area contributed by atoms with Gasteiger partial charge in [-0.15, -0.1) is 5.10 Å². The van der Waals surface area contributed by atoms with Crippen molar-refractivity contribution in [2.45, 2.75) is 33.1 Å². The minimum atomic E-state index is -0.222. The lowest BCUT2D eigenvalue weighted by Crippen LogP contribution is -2.16. The van der Waals surface area contributed by atoms with Gasteiger partial charge in [0.05, 0.1) is 26.3 Å². The van der Waals surface area contributed by atoms with Crippen LogP contribution in [0.5, 0.6) is 11.5 Å². The number of ether oxygens (including phenoxy) is 2. The summed E-state index contributed by atoms with van der Waals surface area (Å²) >= 11 is 0. The Morgan fingerprint density at radius 1 is 1.18 bits per heavy atom. The van der Waals surface area contributed by atoms with E-state index >= 15 is 0 Å². The van der Waals surface area contributed by atoms with Crippen LogP contribution in [0.3, 0.4) is 0 Å². The lowest BCUT2D eigenvalue weighted by Gasteiger charge is -2.09. The molecule has 148 valence electrons. The molecular formula is C19H23N5O4. The van der Waals surface area contributed by atoms with Crippen LogP contribution in [0.25, 0.3) is 0 Å². The number of hydrogen-bond acceptors (Lipinski definition) is 7. The first-order chi connectivity index (χ1) is 13.5. The van der Waals surface area contributed by atoms with E-state index in [2.05, 4.69) is 25.7 Å². The van der Waals surface area contributed by atoms with E-state index in [1.807, 2.05) is 18.2 Å². The maximum Gasteiger partial charge on any atom is 0.248 e. The maximum absolute atomic E-state index is 12.2. The predicted octanol–water partition coefficient (Wildman–Crippen LogP) is 2.39. The number of anilines is 1. The van der Waals surface area contributed by atoms with E-state index in [1.54, 1.807) is 28.1 Å². The van der Waals surface area contributed by atoms with Crippen molar-refractivity contribution in [3.63, 3.8) is 0 Å². The fourth-order valence-corrected chi connectivity index (χ4v) is 2.85. The second-order valence-electron chi connectivity index (χ2n) is 6.32.